The third-order valence-electron chi connectivity index (χ3n) is 2.66. The van der Waals surface area contributed by atoms with E-state index in [1.807, 2.05) is 34.7 Å². The summed E-state index contributed by atoms with van der Waals surface area (Å²) in [6.45, 7) is 0.528. The SMILES string of the molecule is Cn1cc(I)c(C(=O)NNC(=S)NCc2ccc(Cl)cc2)n1. The summed E-state index contributed by atoms with van der Waals surface area (Å²) in [6, 6.07) is 7.40. The molecule has 0 unspecified atom stereocenters. The topological polar surface area (TPSA) is 71.0 Å². The van der Waals surface area contributed by atoms with Gasteiger partial charge in [0.2, 0.25) is 0 Å². The smallest absolute Gasteiger partial charge is 0.291 e. The van der Waals surface area contributed by atoms with E-state index in [2.05, 4.69) is 21.3 Å². The highest BCUT2D eigenvalue weighted by atomic mass is 127. The Labute approximate surface area is 151 Å². The molecule has 2 aromatic rings. The lowest BCUT2D eigenvalue weighted by Crippen LogP contribution is -2.46. The van der Waals surface area contributed by atoms with E-state index in [0.29, 0.717) is 22.4 Å². The molecular weight excluding hydrogens is 437 g/mol. The maximum Gasteiger partial charge on any atom is 0.291 e. The standard InChI is InChI=1S/C13H13ClIN5OS/c1-20-7-10(15)11(19-20)12(21)17-18-13(22)16-6-8-2-4-9(14)5-3-8/h2-5,7H,6H2,1H3,(H,17,21)(H2,16,18,22). The van der Waals surface area contributed by atoms with Crippen molar-refractivity contribution in [2.75, 3.05) is 0 Å². The van der Waals surface area contributed by atoms with Gasteiger partial charge in [-0.1, -0.05) is 23.7 Å². The van der Waals surface area contributed by atoms with Gasteiger partial charge in [0.25, 0.3) is 5.91 Å². The number of hydrazine groups is 1. The summed E-state index contributed by atoms with van der Waals surface area (Å²) in [5.41, 5.74) is 6.52. The van der Waals surface area contributed by atoms with Crippen LogP contribution in [0.15, 0.2) is 30.5 Å². The van der Waals surface area contributed by atoms with Crippen LogP contribution in [-0.2, 0) is 13.6 Å². The number of carbonyl (C=O) groups excluding carboxylic acids is 1. The quantitative estimate of drug-likeness (QED) is 0.380. The van der Waals surface area contributed by atoms with Gasteiger partial charge in [-0.15, -0.1) is 0 Å². The van der Waals surface area contributed by atoms with E-state index >= 15 is 0 Å². The predicted octanol–water partition coefficient (Wildman–Crippen LogP) is 1.99. The molecule has 9 heteroatoms. The van der Waals surface area contributed by atoms with Crippen LogP contribution in [0.4, 0.5) is 0 Å². The van der Waals surface area contributed by atoms with Crippen molar-refractivity contribution in [3.63, 3.8) is 0 Å². The van der Waals surface area contributed by atoms with Crippen molar-refractivity contribution in [3.05, 3.63) is 50.3 Å². The average molecular weight is 450 g/mol. The van der Waals surface area contributed by atoms with Crippen LogP contribution in [0.1, 0.15) is 16.1 Å². The van der Waals surface area contributed by atoms with Crippen LogP contribution in [-0.4, -0.2) is 20.8 Å². The fraction of sp³-hybridized carbons (Fsp3) is 0.154. The van der Waals surface area contributed by atoms with Crippen LogP contribution in [0.2, 0.25) is 5.02 Å². The van der Waals surface area contributed by atoms with Crippen LogP contribution in [0.3, 0.4) is 0 Å². The number of hydrogen-bond acceptors (Lipinski definition) is 3. The average Bonchev–Trinajstić information content (AvgIpc) is 2.83. The zero-order valence-corrected chi connectivity index (χ0v) is 15.3. The molecule has 0 radical (unpaired) electrons. The van der Waals surface area contributed by atoms with E-state index in [1.165, 1.54) is 0 Å². The second-order valence-electron chi connectivity index (χ2n) is 4.39. The number of thiocarbonyl (C=S) groups is 1. The molecule has 6 nitrogen and oxygen atoms in total. The molecule has 0 saturated heterocycles. The molecule has 0 bridgehead atoms. The number of rotatable bonds is 3. The third kappa shape index (κ3) is 4.82. The van der Waals surface area contributed by atoms with Crippen molar-refractivity contribution in [2.45, 2.75) is 6.54 Å². The Hall–Kier alpha value is -1.39. The van der Waals surface area contributed by atoms with Crippen LogP contribution >= 0.6 is 46.4 Å². The first kappa shape index (κ1) is 17.0. The number of aromatic nitrogens is 2. The lowest BCUT2D eigenvalue weighted by molar-refractivity contribution is 0.0937. The first-order chi connectivity index (χ1) is 10.5. The number of nitrogens with one attached hydrogen (secondary N) is 3. The van der Waals surface area contributed by atoms with Crippen LogP contribution < -0.4 is 16.2 Å². The number of carbonyl (C=O) groups is 1. The van der Waals surface area contributed by atoms with Crippen LogP contribution in [0.25, 0.3) is 0 Å². The Balaban J connectivity index is 1.79. The highest BCUT2D eigenvalue weighted by Crippen LogP contribution is 2.09. The van der Waals surface area contributed by atoms with Crippen molar-refractivity contribution in [2.24, 2.45) is 7.05 Å². The van der Waals surface area contributed by atoms with Crippen molar-refractivity contribution < 1.29 is 4.79 Å². The van der Waals surface area contributed by atoms with Crippen molar-refractivity contribution in [1.29, 1.82) is 0 Å². The summed E-state index contributed by atoms with van der Waals surface area (Å²) >= 11 is 13.0. The Bertz CT molecular complexity index is 688. The van der Waals surface area contributed by atoms with Gasteiger partial charge in [-0.05, 0) is 52.5 Å². The molecule has 1 amide bonds. The molecule has 0 fully saturated rings. The van der Waals surface area contributed by atoms with Gasteiger partial charge in [-0.2, -0.15) is 5.10 Å². The first-order valence-corrected chi connectivity index (χ1v) is 8.10. The highest BCUT2D eigenvalue weighted by Gasteiger charge is 2.14. The van der Waals surface area contributed by atoms with Gasteiger partial charge in [0.15, 0.2) is 10.8 Å². The molecule has 0 saturated carbocycles. The van der Waals surface area contributed by atoms with Crippen molar-refractivity contribution in [1.82, 2.24) is 25.9 Å². The molecule has 1 heterocycles. The van der Waals surface area contributed by atoms with Crippen molar-refractivity contribution in [3.8, 4) is 0 Å². The maximum absolute atomic E-state index is 11.9. The number of amides is 1. The minimum atomic E-state index is -0.347. The minimum absolute atomic E-state index is 0.314. The summed E-state index contributed by atoms with van der Waals surface area (Å²) in [5, 5.41) is 8.05. The molecule has 1 aromatic heterocycles. The zero-order valence-electron chi connectivity index (χ0n) is 11.6. The summed E-state index contributed by atoms with van der Waals surface area (Å²) < 4.78 is 2.34. The molecule has 0 spiro atoms. The minimum Gasteiger partial charge on any atom is -0.357 e. The molecule has 0 aliphatic rings. The van der Waals surface area contributed by atoms with Gasteiger partial charge in [0.1, 0.15) is 0 Å². The summed E-state index contributed by atoms with van der Waals surface area (Å²) in [5.74, 6) is -0.347. The number of halogens is 2. The van der Waals surface area contributed by atoms with E-state index < -0.39 is 0 Å². The van der Waals surface area contributed by atoms with Crippen molar-refractivity contribution >= 4 is 57.4 Å². The molecule has 0 aliphatic heterocycles. The fourth-order valence-electron chi connectivity index (χ4n) is 1.61. The Kier molecular flexibility index (Phi) is 5.98. The zero-order chi connectivity index (χ0) is 16.1. The second-order valence-corrected chi connectivity index (χ2v) is 6.39. The number of hydrogen-bond donors (Lipinski definition) is 3. The Morgan fingerprint density at radius 1 is 1.36 bits per heavy atom. The predicted molar refractivity (Wildman–Crippen MR) is 97.4 cm³/mol. The van der Waals surface area contributed by atoms with Gasteiger partial charge in [0.05, 0.1) is 3.57 Å². The number of aryl methyl sites for hydroxylation is 1. The summed E-state index contributed by atoms with van der Waals surface area (Å²) in [7, 11) is 1.75. The van der Waals surface area contributed by atoms with E-state index in [0.717, 1.165) is 9.13 Å². The molecule has 0 aliphatic carbocycles. The first-order valence-electron chi connectivity index (χ1n) is 6.23. The van der Waals surface area contributed by atoms with Gasteiger partial charge in [0, 0.05) is 24.8 Å². The normalized spacial score (nSPS) is 10.1. The van der Waals surface area contributed by atoms with Gasteiger partial charge in [-0.25, -0.2) is 0 Å². The molecule has 1 aromatic carbocycles. The van der Waals surface area contributed by atoms with E-state index in [4.69, 9.17) is 23.8 Å². The Morgan fingerprint density at radius 3 is 2.64 bits per heavy atom. The van der Waals surface area contributed by atoms with Crippen LogP contribution in [0, 0.1) is 3.57 Å². The number of nitrogens with zero attached hydrogens (tertiary/aromatic N) is 2. The Morgan fingerprint density at radius 2 is 2.05 bits per heavy atom. The lowest BCUT2D eigenvalue weighted by Gasteiger charge is -2.11. The summed E-state index contributed by atoms with van der Waals surface area (Å²) in [4.78, 5) is 11.9. The number of benzene rings is 1. The molecule has 116 valence electrons. The van der Waals surface area contributed by atoms with E-state index in [1.54, 1.807) is 30.1 Å². The molecular formula is C13H13ClIN5OS. The summed E-state index contributed by atoms with van der Waals surface area (Å²) in [6.07, 6.45) is 1.76. The third-order valence-corrected chi connectivity index (χ3v) is 3.94. The monoisotopic (exact) mass is 449 g/mol. The molecule has 22 heavy (non-hydrogen) atoms. The van der Waals surface area contributed by atoms with Gasteiger partial charge in [-0.3, -0.25) is 20.3 Å². The van der Waals surface area contributed by atoms with E-state index in [-0.39, 0.29) is 5.91 Å². The van der Waals surface area contributed by atoms with Gasteiger partial charge >= 0.3 is 0 Å². The highest BCUT2D eigenvalue weighted by molar-refractivity contribution is 14.1. The van der Waals surface area contributed by atoms with E-state index in [9.17, 15) is 4.79 Å². The molecule has 2 rings (SSSR count). The lowest BCUT2D eigenvalue weighted by atomic mass is 10.2. The van der Waals surface area contributed by atoms with Gasteiger partial charge < -0.3 is 5.32 Å². The fourth-order valence-corrected chi connectivity index (χ4v) is 2.62. The molecule has 0 atom stereocenters. The second kappa shape index (κ2) is 7.75. The maximum atomic E-state index is 11.9. The molecule has 3 N–H and O–H groups in total. The largest absolute Gasteiger partial charge is 0.357 e. The van der Waals surface area contributed by atoms with Crippen LogP contribution in [0.5, 0.6) is 0 Å².